The second kappa shape index (κ2) is 12.8. The number of carbonyl (C=O) groups excluding carboxylic acids is 1. The smallest absolute Gasteiger partial charge is 0.274 e. The lowest BCUT2D eigenvalue weighted by atomic mass is 9.97. The topological polar surface area (TPSA) is 113 Å². The largest absolute Gasteiger partial charge is 0.503 e. The normalized spacial score (nSPS) is 11.7. The Bertz CT molecular complexity index is 876. The monoisotopic (exact) mass is 423 g/mol. The number of aliphatic hydroxyl groups excluding tert-OH is 2. The predicted octanol–water partition coefficient (Wildman–Crippen LogP) is 4.47. The molecule has 2 aromatic carbocycles. The number of nitrogens with zero attached hydrogens (tertiary/aromatic N) is 1. The first kappa shape index (κ1) is 25.4. The molecule has 166 valence electrons. The minimum atomic E-state index is -0.738. The number of amides is 1. The summed E-state index contributed by atoms with van der Waals surface area (Å²) in [5.41, 5.74) is 13.5. The molecule has 0 radical (unpaired) electrons. The molecule has 0 aliphatic carbocycles. The maximum Gasteiger partial charge on any atom is 0.274 e. The highest BCUT2D eigenvalue weighted by Gasteiger charge is 2.23. The van der Waals surface area contributed by atoms with E-state index in [2.05, 4.69) is 0 Å². The molecule has 0 spiro atoms. The van der Waals surface area contributed by atoms with E-state index in [1.54, 1.807) is 0 Å². The van der Waals surface area contributed by atoms with Gasteiger partial charge in [-0.05, 0) is 30.5 Å². The Morgan fingerprint density at radius 2 is 1.42 bits per heavy atom. The van der Waals surface area contributed by atoms with Gasteiger partial charge in [-0.15, -0.1) is 0 Å². The molecule has 0 bridgehead atoms. The van der Waals surface area contributed by atoms with Crippen LogP contribution in [-0.2, 0) is 4.79 Å². The lowest BCUT2D eigenvalue weighted by molar-refractivity contribution is -0.128. The van der Waals surface area contributed by atoms with Gasteiger partial charge < -0.3 is 26.6 Å². The van der Waals surface area contributed by atoms with E-state index < -0.39 is 23.1 Å². The van der Waals surface area contributed by atoms with Crippen LogP contribution in [0.25, 0.3) is 5.57 Å². The quantitative estimate of drug-likeness (QED) is 0.298. The van der Waals surface area contributed by atoms with Crippen molar-refractivity contribution in [1.29, 1.82) is 0 Å². The minimum absolute atomic E-state index is 0.193. The molecule has 1 amide bonds. The maximum atomic E-state index is 12.8. The summed E-state index contributed by atoms with van der Waals surface area (Å²) < 4.78 is 0. The van der Waals surface area contributed by atoms with Crippen LogP contribution in [0.4, 0.5) is 0 Å². The third-order valence-corrected chi connectivity index (χ3v) is 4.43. The van der Waals surface area contributed by atoms with Crippen molar-refractivity contribution in [3.05, 3.63) is 101 Å². The van der Waals surface area contributed by atoms with E-state index in [0.717, 1.165) is 22.9 Å². The van der Waals surface area contributed by atoms with Crippen LogP contribution in [0.1, 0.15) is 38.8 Å². The Balaban J connectivity index is 0.00000233. The van der Waals surface area contributed by atoms with E-state index in [-0.39, 0.29) is 12.6 Å². The highest BCUT2D eigenvalue weighted by Crippen LogP contribution is 2.23. The first-order chi connectivity index (χ1) is 14.9. The molecule has 0 aliphatic heterocycles. The van der Waals surface area contributed by atoms with Crippen molar-refractivity contribution in [2.45, 2.75) is 33.7 Å². The molecule has 0 atom stereocenters. The number of rotatable bonds is 7. The van der Waals surface area contributed by atoms with Gasteiger partial charge in [0, 0.05) is 18.8 Å². The Hall–Kier alpha value is -3.67. The molecule has 0 unspecified atom stereocenters. The molecule has 6 N–H and O–H groups in total. The Morgan fingerprint density at radius 1 is 0.968 bits per heavy atom. The number of nitrogens with two attached hydrogens (primary N) is 2. The lowest BCUT2D eigenvalue weighted by Crippen LogP contribution is -2.40. The van der Waals surface area contributed by atoms with Crippen molar-refractivity contribution in [3.63, 3.8) is 0 Å². The molecule has 6 heteroatoms. The highest BCUT2D eigenvalue weighted by molar-refractivity contribution is 5.94. The van der Waals surface area contributed by atoms with E-state index in [0.29, 0.717) is 0 Å². The average molecular weight is 424 g/mol. The Labute approximate surface area is 184 Å². The maximum absolute atomic E-state index is 12.8. The van der Waals surface area contributed by atoms with Crippen LogP contribution in [0.2, 0.25) is 0 Å². The van der Waals surface area contributed by atoms with Crippen molar-refractivity contribution in [2.75, 3.05) is 6.54 Å². The number of benzene rings is 2. The molecule has 0 heterocycles. The third kappa shape index (κ3) is 6.96. The van der Waals surface area contributed by atoms with Crippen LogP contribution in [-0.4, -0.2) is 33.6 Å². The van der Waals surface area contributed by atoms with Gasteiger partial charge in [-0.1, -0.05) is 80.6 Å². The van der Waals surface area contributed by atoms with Gasteiger partial charge in [0.25, 0.3) is 5.91 Å². The van der Waals surface area contributed by atoms with Gasteiger partial charge in [0.05, 0.1) is 0 Å². The first-order valence-electron chi connectivity index (χ1n) is 10.3. The van der Waals surface area contributed by atoms with Gasteiger partial charge in [-0.25, -0.2) is 0 Å². The molecular formula is C25H33N3O3. The van der Waals surface area contributed by atoms with Crippen LogP contribution in [0.5, 0.6) is 0 Å². The molecule has 0 saturated carbocycles. The molecule has 2 rings (SSSR count). The minimum Gasteiger partial charge on any atom is -0.503 e. The molecule has 6 nitrogen and oxygen atoms in total. The Kier molecular flexibility index (Phi) is 10.5. The zero-order valence-electron chi connectivity index (χ0n) is 18.6. The number of hydrogen-bond acceptors (Lipinski definition) is 5. The summed E-state index contributed by atoms with van der Waals surface area (Å²) in [6.07, 6.45) is 2.73. The molecule has 0 saturated heterocycles. The highest BCUT2D eigenvalue weighted by atomic mass is 16.3. The fourth-order valence-electron chi connectivity index (χ4n) is 2.83. The van der Waals surface area contributed by atoms with Crippen LogP contribution in [0.15, 0.2) is 90.2 Å². The lowest BCUT2D eigenvalue weighted by Gasteiger charge is -2.26. The zero-order valence-corrected chi connectivity index (χ0v) is 18.6. The van der Waals surface area contributed by atoms with Crippen molar-refractivity contribution in [2.24, 2.45) is 11.5 Å². The van der Waals surface area contributed by atoms with Gasteiger partial charge in [0.15, 0.2) is 11.5 Å². The standard InChI is InChI=1S/C23H27N3O3.C2H6/c1-16(2)26(23(29)21(25)22(28)20(27)15-24)14-13-19(17-9-5-3-6-10-17)18-11-7-4-8-12-18;1-2/h3-13,15-16,27-28H,14,24-25H2,1-2H3;1-2H3/b20-15+,22-21+;. The number of aliphatic hydroxyl groups is 2. The van der Waals surface area contributed by atoms with Gasteiger partial charge in [-0.2, -0.15) is 0 Å². The van der Waals surface area contributed by atoms with Gasteiger partial charge in [0.2, 0.25) is 0 Å². The van der Waals surface area contributed by atoms with Gasteiger partial charge in [-0.3, -0.25) is 4.79 Å². The first-order valence-corrected chi connectivity index (χ1v) is 10.3. The average Bonchev–Trinajstić information content (AvgIpc) is 2.82. The van der Waals surface area contributed by atoms with E-state index in [4.69, 9.17) is 11.5 Å². The number of carbonyl (C=O) groups is 1. The Morgan fingerprint density at radius 3 is 1.81 bits per heavy atom. The summed E-state index contributed by atoms with van der Waals surface area (Å²) in [6.45, 7) is 7.95. The summed E-state index contributed by atoms with van der Waals surface area (Å²) in [4.78, 5) is 14.3. The van der Waals surface area contributed by atoms with E-state index in [1.807, 2.05) is 94.4 Å². The van der Waals surface area contributed by atoms with E-state index >= 15 is 0 Å². The SMILES string of the molecule is CC.CC(C)N(CC=C(c1ccccc1)c1ccccc1)C(=O)/C(N)=C(O)/C(O)=C\N. The molecule has 0 aliphatic rings. The molecule has 0 aromatic heterocycles. The van der Waals surface area contributed by atoms with Crippen LogP contribution >= 0.6 is 0 Å². The van der Waals surface area contributed by atoms with Gasteiger partial charge in [0.1, 0.15) is 5.70 Å². The molecule has 0 fully saturated rings. The molecule has 31 heavy (non-hydrogen) atoms. The van der Waals surface area contributed by atoms with Crippen molar-refractivity contribution in [3.8, 4) is 0 Å². The fraction of sp³-hybridized carbons (Fsp3) is 0.240. The van der Waals surface area contributed by atoms with Crippen LogP contribution in [0.3, 0.4) is 0 Å². The van der Waals surface area contributed by atoms with E-state index in [1.165, 1.54) is 4.90 Å². The molecule has 2 aromatic rings. The fourth-order valence-corrected chi connectivity index (χ4v) is 2.83. The van der Waals surface area contributed by atoms with Gasteiger partial charge >= 0.3 is 0 Å². The summed E-state index contributed by atoms with van der Waals surface area (Å²) in [5.74, 6) is -1.98. The second-order valence-corrected chi connectivity index (χ2v) is 6.72. The van der Waals surface area contributed by atoms with E-state index in [9.17, 15) is 15.0 Å². The second-order valence-electron chi connectivity index (χ2n) is 6.72. The summed E-state index contributed by atoms with van der Waals surface area (Å²) in [6, 6.07) is 19.5. The van der Waals surface area contributed by atoms with Crippen molar-refractivity contribution < 1.29 is 15.0 Å². The summed E-state index contributed by atoms with van der Waals surface area (Å²) in [7, 11) is 0. The summed E-state index contributed by atoms with van der Waals surface area (Å²) in [5, 5.41) is 19.5. The summed E-state index contributed by atoms with van der Waals surface area (Å²) >= 11 is 0. The van der Waals surface area contributed by atoms with Crippen molar-refractivity contribution in [1.82, 2.24) is 4.90 Å². The van der Waals surface area contributed by atoms with Crippen LogP contribution < -0.4 is 11.5 Å². The third-order valence-electron chi connectivity index (χ3n) is 4.43. The molecular weight excluding hydrogens is 390 g/mol. The predicted molar refractivity (Wildman–Crippen MR) is 127 cm³/mol. The number of hydrogen-bond donors (Lipinski definition) is 4. The zero-order chi connectivity index (χ0) is 23.4. The van der Waals surface area contributed by atoms with Crippen molar-refractivity contribution >= 4 is 11.5 Å². The van der Waals surface area contributed by atoms with Crippen LogP contribution in [0, 0.1) is 0 Å².